The van der Waals surface area contributed by atoms with Crippen LogP contribution in [-0.4, -0.2) is 44.3 Å². The Morgan fingerprint density at radius 2 is 1.79 bits per heavy atom. The zero-order chi connectivity index (χ0) is 13.7. The molecule has 1 aromatic carbocycles. The van der Waals surface area contributed by atoms with Gasteiger partial charge >= 0.3 is 0 Å². The second-order valence-corrected chi connectivity index (χ2v) is 4.54. The number of nitrogens with zero attached hydrogens (tertiary/aromatic N) is 1. The Labute approximate surface area is 114 Å². The largest absolute Gasteiger partial charge is 0.486 e. The number of hydrogen-bond donors (Lipinski definition) is 2. The molecule has 0 saturated heterocycles. The maximum atomic E-state index is 6.01. The lowest BCUT2D eigenvalue weighted by atomic mass is 10.2. The number of anilines is 2. The maximum absolute atomic E-state index is 6.01. The van der Waals surface area contributed by atoms with Crippen molar-refractivity contribution < 1.29 is 9.47 Å². The summed E-state index contributed by atoms with van der Waals surface area (Å²) in [5, 5.41) is 3.36. The van der Waals surface area contributed by atoms with Gasteiger partial charge in [0.05, 0.1) is 11.4 Å². The number of hydrogen-bond acceptors (Lipinski definition) is 5. The Morgan fingerprint density at radius 1 is 1.16 bits per heavy atom. The van der Waals surface area contributed by atoms with Gasteiger partial charge in [0.2, 0.25) is 0 Å². The molecular weight excluding hydrogens is 242 g/mol. The molecule has 19 heavy (non-hydrogen) atoms. The summed E-state index contributed by atoms with van der Waals surface area (Å²) in [5.41, 5.74) is 7.63. The van der Waals surface area contributed by atoms with Crippen LogP contribution >= 0.6 is 0 Å². The van der Waals surface area contributed by atoms with E-state index in [-0.39, 0.29) is 0 Å². The predicted molar refractivity (Wildman–Crippen MR) is 78.1 cm³/mol. The van der Waals surface area contributed by atoms with Crippen LogP contribution in [0.3, 0.4) is 0 Å². The van der Waals surface area contributed by atoms with E-state index >= 15 is 0 Å². The van der Waals surface area contributed by atoms with E-state index in [2.05, 4.69) is 24.1 Å². The highest BCUT2D eigenvalue weighted by atomic mass is 16.6. The van der Waals surface area contributed by atoms with Crippen molar-refractivity contribution in [3.8, 4) is 11.5 Å². The summed E-state index contributed by atoms with van der Waals surface area (Å²) in [5.74, 6) is 1.50. The van der Waals surface area contributed by atoms with Crippen LogP contribution in [-0.2, 0) is 0 Å². The molecule has 1 aliphatic rings. The zero-order valence-electron chi connectivity index (χ0n) is 11.7. The molecule has 0 spiro atoms. The third-order valence-corrected chi connectivity index (χ3v) is 3.35. The van der Waals surface area contributed by atoms with E-state index in [0.29, 0.717) is 18.9 Å². The van der Waals surface area contributed by atoms with Crippen molar-refractivity contribution in [1.82, 2.24) is 4.90 Å². The SMILES string of the molecule is CCN(CC)CCNc1cc2c(cc1N)OCCO2. The first-order valence-corrected chi connectivity index (χ1v) is 6.90. The summed E-state index contributed by atoms with van der Waals surface area (Å²) in [6, 6.07) is 3.75. The van der Waals surface area contributed by atoms with Gasteiger partial charge in [0, 0.05) is 25.2 Å². The molecule has 5 heteroatoms. The minimum absolute atomic E-state index is 0.584. The fourth-order valence-electron chi connectivity index (χ4n) is 2.15. The lowest BCUT2D eigenvalue weighted by Gasteiger charge is -2.22. The Hall–Kier alpha value is -1.62. The molecule has 0 aliphatic carbocycles. The Bertz CT molecular complexity index is 419. The number of nitrogen functional groups attached to an aromatic ring is 1. The normalized spacial score (nSPS) is 13.6. The summed E-state index contributed by atoms with van der Waals surface area (Å²) in [4.78, 5) is 2.36. The van der Waals surface area contributed by atoms with Gasteiger partial charge < -0.3 is 25.4 Å². The summed E-state index contributed by atoms with van der Waals surface area (Å²) >= 11 is 0. The van der Waals surface area contributed by atoms with Gasteiger partial charge in [-0.25, -0.2) is 0 Å². The molecule has 0 saturated carbocycles. The second kappa shape index (κ2) is 6.52. The molecule has 0 atom stereocenters. The van der Waals surface area contributed by atoms with Gasteiger partial charge in [-0.3, -0.25) is 0 Å². The molecule has 5 nitrogen and oxygen atoms in total. The molecule has 0 amide bonds. The predicted octanol–water partition coefficient (Wildman–Crippen LogP) is 1.79. The lowest BCUT2D eigenvalue weighted by molar-refractivity contribution is 0.172. The van der Waals surface area contributed by atoms with E-state index in [0.717, 1.165) is 43.4 Å². The van der Waals surface area contributed by atoms with Gasteiger partial charge in [0.15, 0.2) is 11.5 Å². The minimum atomic E-state index is 0.584. The molecule has 0 fully saturated rings. The Kier molecular flexibility index (Phi) is 4.74. The highest BCUT2D eigenvalue weighted by Crippen LogP contribution is 2.36. The highest BCUT2D eigenvalue weighted by Gasteiger charge is 2.14. The van der Waals surface area contributed by atoms with Crippen molar-refractivity contribution >= 4 is 11.4 Å². The molecule has 0 bridgehead atoms. The molecule has 106 valence electrons. The molecule has 1 aromatic rings. The third kappa shape index (κ3) is 3.44. The number of nitrogens with one attached hydrogen (secondary N) is 1. The van der Waals surface area contributed by atoms with Gasteiger partial charge in [-0.2, -0.15) is 0 Å². The number of nitrogens with two attached hydrogens (primary N) is 1. The van der Waals surface area contributed by atoms with Crippen molar-refractivity contribution in [2.45, 2.75) is 13.8 Å². The van der Waals surface area contributed by atoms with Crippen LogP contribution in [0.2, 0.25) is 0 Å². The first-order chi connectivity index (χ1) is 9.24. The monoisotopic (exact) mass is 265 g/mol. The fourth-order valence-corrected chi connectivity index (χ4v) is 2.15. The molecule has 1 heterocycles. The standard InChI is InChI=1S/C14H23N3O2/c1-3-17(4-2)6-5-16-12-10-14-13(9-11(12)15)18-7-8-19-14/h9-10,16H,3-8,15H2,1-2H3. The molecule has 2 rings (SSSR count). The molecule has 1 aliphatic heterocycles. The van der Waals surface area contributed by atoms with Crippen molar-refractivity contribution in [2.75, 3.05) is 50.4 Å². The van der Waals surface area contributed by atoms with E-state index < -0.39 is 0 Å². The van der Waals surface area contributed by atoms with Crippen LogP contribution in [0.1, 0.15) is 13.8 Å². The lowest BCUT2D eigenvalue weighted by Crippen LogP contribution is -2.28. The number of fused-ring (bicyclic) bond motifs is 1. The molecular formula is C14H23N3O2. The van der Waals surface area contributed by atoms with Crippen molar-refractivity contribution in [3.05, 3.63) is 12.1 Å². The third-order valence-electron chi connectivity index (χ3n) is 3.35. The number of likely N-dealkylation sites (N-methyl/N-ethyl adjacent to an activating group) is 1. The maximum Gasteiger partial charge on any atom is 0.163 e. The van der Waals surface area contributed by atoms with E-state index in [4.69, 9.17) is 15.2 Å². The molecule has 0 aromatic heterocycles. The van der Waals surface area contributed by atoms with Crippen LogP contribution in [0.25, 0.3) is 0 Å². The van der Waals surface area contributed by atoms with Crippen molar-refractivity contribution in [1.29, 1.82) is 0 Å². The molecule has 0 radical (unpaired) electrons. The topological polar surface area (TPSA) is 59.8 Å². The summed E-state index contributed by atoms with van der Waals surface area (Å²) in [6.07, 6.45) is 0. The zero-order valence-corrected chi connectivity index (χ0v) is 11.7. The van der Waals surface area contributed by atoms with Crippen LogP contribution in [0.5, 0.6) is 11.5 Å². The van der Waals surface area contributed by atoms with E-state index in [1.54, 1.807) is 0 Å². The van der Waals surface area contributed by atoms with E-state index in [1.165, 1.54) is 0 Å². The van der Waals surface area contributed by atoms with E-state index in [1.807, 2.05) is 12.1 Å². The fraction of sp³-hybridized carbons (Fsp3) is 0.571. The van der Waals surface area contributed by atoms with Gasteiger partial charge in [-0.05, 0) is 13.1 Å². The van der Waals surface area contributed by atoms with Gasteiger partial charge in [-0.15, -0.1) is 0 Å². The van der Waals surface area contributed by atoms with Crippen LogP contribution in [0, 0.1) is 0 Å². The molecule has 3 N–H and O–H groups in total. The summed E-state index contributed by atoms with van der Waals surface area (Å²) < 4.78 is 11.1. The van der Waals surface area contributed by atoms with Gasteiger partial charge in [0.1, 0.15) is 13.2 Å². The number of rotatable bonds is 6. The van der Waals surface area contributed by atoms with Crippen molar-refractivity contribution in [3.63, 3.8) is 0 Å². The number of benzene rings is 1. The minimum Gasteiger partial charge on any atom is -0.486 e. The first kappa shape index (κ1) is 13.8. The smallest absolute Gasteiger partial charge is 0.163 e. The average molecular weight is 265 g/mol. The molecule has 0 unspecified atom stereocenters. The summed E-state index contributed by atoms with van der Waals surface area (Å²) in [6.45, 7) is 9.51. The Morgan fingerprint density at radius 3 is 2.42 bits per heavy atom. The van der Waals surface area contributed by atoms with Gasteiger partial charge in [-0.1, -0.05) is 13.8 Å². The average Bonchev–Trinajstić information content (AvgIpc) is 2.44. The van der Waals surface area contributed by atoms with Crippen LogP contribution in [0.15, 0.2) is 12.1 Å². The highest BCUT2D eigenvalue weighted by molar-refractivity contribution is 5.72. The summed E-state index contributed by atoms with van der Waals surface area (Å²) in [7, 11) is 0. The van der Waals surface area contributed by atoms with Crippen LogP contribution in [0.4, 0.5) is 11.4 Å². The van der Waals surface area contributed by atoms with Crippen molar-refractivity contribution in [2.24, 2.45) is 0 Å². The quantitative estimate of drug-likeness (QED) is 0.768. The first-order valence-electron chi connectivity index (χ1n) is 6.90. The number of ether oxygens (including phenoxy) is 2. The van der Waals surface area contributed by atoms with E-state index in [9.17, 15) is 0 Å². The van der Waals surface area contributed by atoms with Gasteiger partial charge in [0.25, 0.3) is 0 Å². The van der Waals surface area contributed by atoms with Crippen LogP contribution < -0.4 is 20.5 Å². The Balaban J connectivity index is 1.96. The second-order valence-electron chi connectivity index (χ2n) is 4.54.